The summed E-state index contributed by atoms with van der Waals surface area (Å²) in [6, 6.07) is 8.14. The molecule has 0 spiro atoms. The molecule has 2 nitrogen and oxygen atoms in total. The van der Waals surface area contributed by atoms with Crippen molar-refractivity contribution in [3.8, 4) is 0 Å². The number of rotatable bonds is 15. The summed E-state index contributed by atoms with van der Waals surface area (Å²) in [5, 5.41) is 0. The van der Waals surface area contributed by atoms with Crippen molar-refractivity contribution < 1.29 is 9.53 Å². The Morgan fingerprint density at radius 3 is 2.24 bits per heavy atom. The molecule has 1 aromatic rings. The Kier molecular flexibility index (Phi) is 12.3. The molecular weight excluding hydrogens is 308 g/mol. The van der Waals surface area contributed by atoms with E-state index in [4.69, 9.17) is 4.74 Å². The second-order valence-corrected chi connectivity index (χ2v) is 7.33. The Hall–Kier alpha value is -1.15. The third-order valence-electron chi connectivity index (χ3n) is 5.28. The molecule has 142 valence electrons. The first-order valence-electron chi connectivity index (χ1n) is 10.3. The average molecular weight is 347 g/mol. The van der Waals surface area contributed by atoms with Crippen LogP contribution in [0.2, 0.25) is 0 Å². The summed E-state index contributed by atoms with van der Waals surface area (Å²) in [5.74, 6) is 0.501. The Balaban J connectivity index is 2.51. The van der Waals surface area contributed by atoms with E-state index in [0.29, 0.717) is 12.0 Å². The van der Waals surface area contributed by atoms with Gasteiger partial charge in [-0.3, -0.25) is 4.79 Å². The maximum absolute atomic E-state index is 11.4. The predicted molar refractivity (Wildman–Crippen MR) is 108 cm³/mol. The Bertz CT molecular complexity index is 455. The van der Waals surface area contributed by atoms with Gasteiger partial charge in [-0.05, 0) is 37.7 Å². The number of hydrogen-bond acceptors (Lipinski definition) is 2. The molecule has 0 aromatic heterocycles. The highest BCUT2D eigenvalue weighted by Crippen LogP contribution is 2.30. The summed E-state index contributed by atoms with van der Waals surface area (Å²) in [6.07, 6.45) is 15.3. The first kappa shape index (κ1) is 21.9. The molecule has 0 fully saturated rings. The molecule has 0 N–H and O–H groups in total. The molecule has 1 aromatic carbocycles. The van der Waals surface area contributed by atoms with Gasteiger partial charge in [0.1, 0.15) is 6.29 Å². The van der Waals surface area contributed by atoms with Crippen LogP contribution in [0.25, 0.3) is 0 Å². The van der Waals surface area contributed by atoms with E-state index in [-0.39, 0.29) is 0 Å². The maximum Gasteiger partial charge on any atom is 0.150 e. The van der Waals surface area contributed by atoms with Gasteiger partial charge in [0.15, 0.2) is 0 Å². The first-order valence-corrected chi connectivity index (χ1v) is 10.3. The van der Waals surface area contributed by atoms with Crippen LogP contribution in [0.3, 0.4) is 0 Å². The summed E-state index contributed by atoms with van der Waals surface area (Å²) in [4.78, 5) is 11.4. The molecule has 0 bridgehead atoms. The third-order valence-corrected chi connectivity index (χ3v) is 5.28. The second-order valence-electron chi connectivity index (χ2n) is 7.33. The number of carbonyl (C=O) groups is 1. The largest absolute Gasteiger partial charge is 0.382 e. The highest BCUT2D eigenvalue weighted by atomic mass is 16.5. The van der Waals surface area contributed by atoms with Crippen molar-refractivity contribution >= 4 is 6.29 Å². The standard InChI is InChI=1S/C23H38O2/c1-4-5-6-7-8-9-10-15-21(17-13-14-20(2)25-3)23-18-12-11-16-22(23)19-24/h11-12,16,18-21H,4-10,13-15,17H2,1-3H3. The Morgan fingerprint density at radius 2 is 1.56 bits per heavy atom. The molecule has 25 heavy (non-hydrogen) atoms. The molecule has 0 aliphatic heterocycles. The van der Waals surface area contributed by atoms with E-state index in [9.17, 15) is 4.79 Å². The van der Waals surface area contributed by atoms with Crippen LogP contribution in [0, 0.1) is 0 Å². The highest BCUT2D eigenvalue weighted by molar-refractivity contribution is 5.77. The Labute approximate surface area is 155 Å². The fourth-order valence-electron chi connectivity index (χ4n) is 3.56. The lowest BCUT2D eigenvalue weighted by Crippen LogP contribution is -2.07. The SMILES string of the molecule is CCCCCCCCCC(CCCC(C)OC)c1ccccc1C=O. The monoisotopic (exact) mass is 346 g/mol. The van der Waals surface area contributed by atoms with E-state index in [0.717, 1.165) is 31.1 Å². The smallest absolute Gasteiger partial charge is 0.150 e. The van der Waals surface area contributed by atoms with Crippen molar-refractivity contribution in [3.63, 3.8) is 0 Å². The predicted octanol–water partition coefficient (Wildman–Crippen LogP) is 6.93. The molecule has 2 atom stereocenters. The quantitative estimate of drug-likeness (QED) is 0.254. The van der Waals surface area contributed by atoms with E-state index >= 15 is 0 Å². The molecule has 1 rings (SSSR count). The van der Waals surface area contributed by atoms with Crippen molar-refractivity contribution in [3.05, 3.63) is 35.4 Å². The molecule has 0 heterocycles. The molecule has 2 heteroatoms. The van der Waals surface area contributed by atoms with Crippen molar-refractivity contribution in [1.29, 1.82) is 0 Å². The van der Waals surface area contributed by atoms with Crippen molar-refractivity contribution in [2.45, 2.75) is 96.5 Å². The number of hydrogen-bond donors (Lipinski definition) is 0. The van der Waals surface area contributed by atoms with Crippen LogP contribution in [0.5, 0.6) is 0 Å². The average Bonchev–Trinajstić information content (AvgIpc) is 2.65. The van der Waals surface area contributed by atoms with Gasteiger partial charge in [0.25, 0.3) is 0 Å². The fraction of sp³-hybridized carbons (Fsp3) is 0.696. The van der Waals surface area contributed by atoms with Crippen LogP contribution < -0.4 is 0 Å². The summed E-state index contributed by atoms with van der Waals surface area (Å²) in [5.41, 5.74) is 2.11. The van der Waals surface area contributed by atoms with E-state index in [1.807, 2.05) is 12.1 Å². The number of unbranched alkanes of at least 4 members (excludes halogenated alkanes) is 6. The fourth-order valence-corrected chi connectivity index (χ4v) is 3.56. The van der Waals surface area contributed by atoms with E-state index in [2.05, 4.69) is 26.0 Å². The van der Waals surface area contributed by atoms with Gasteiger partial charge in [-0.25, -0.2) is 0 Å². The second kappa shape index (κ2) is 14.1. The number of ether oxygens (including phenoxy) is 1. The van der Waals surface area contributed by atoms with Crippen LogP contribution in [0.4, 0.5) is 0 Å². The molecule has 2 unspecified atom stereocenters. The minimum atomic E-state index is 0.320. The van der Waals surface area contributed by atoms with Gasteiger partial charge in [0.05, 0.1) is 6.10 Å². The lowest BCUT2D eigenvalue weighted by atomic mass is 9.86. The van der Waals surface area contributed by atoms with Crippen molar-refractivity contribution in [2.75, 3.05) is 7.11 Å². The molecule has 0 aliphatic rings. The van der Waals surface area contributed by atoms with E-state index in [1.165, 1.54) is 56.9 Å². The molecular formula is C23H38O2. The topological polar surface area (TPSA) is 26.3 Å². The Morgan fingerprint density at radius 1 is 0.920 bits per heavy atom. The molecule has 0 aliphatic carbocycles. The zero-order chi connectivity index (χ0) is 18.3. The first-order chi connectivity index (χ1) is 12.2. The number of carbonyl (C=O) groups excluding carboxylic acids is 1. The molecule has 0 saturated heterocycles. The normalized spacial score (nSPS) is 13.6. The van der Waals surface area contributed by atoms with Crippen molar-refractivity contribution in [1.82, 2.24) is 0 Å². The lowest BCUT2D eigenvalue weighted by molar-refractivity contribution is 0.107. The molecule has 0 saturated carbocycles. The summed E-state index contributed by atoms with van der Waals surface area (Å²) in [6.45, 7) is 4.39. The third kappa shape index (κ3) is 9.21. The van der Waals surface area contributed by atoms with Crippen LogP contribution in [0.1, 0.15) is 106 Å². The van der Waals surface area contributed by atoms with Crippen LogP contribution in [-0.2, 0) is 4.74 Å². The number of methoxy groups -OCH3 is 1. The van der Waals surface area contributed by atoms with E-state index in [1.54, 1.807) is 7.11 Å². The summed E-state index contributed by atoms with van der Waals surface area (Å²) in [7, 11) is 1.78. The van der Waals surface area contributed by atoms with Gasteiger partial charge in [-0.2, -0.15) is 0 Å². The van der Waals surface area contributed by atoms with Gasteiger partial charge < -0.3 is 4.74 Å². The number of benzene rings is 1. The van der Waals surface area contributed by atoms with E-state index < -0.39 is 0 Å². The van der Waals surface area contributed by atoms with Crippen LogP contribution >= 0.6 is 0 Å². The van der Waals surface area contributed by atoms with Gasteiger partial charge in [0, 0.05) is 12.7 Å². The van der Waals surface area contributed by atoms with Crippen LogP contribution in [0.15, 0.2) is 24.3 Å². The molecule has 0 radical (unpaired) electrons. The highest BCUT2D eigenvalue weighted by Gasteiger charge is 2.15. The maximum atomic E-state index is 11.4. The zero-order valence-corrected chi connectivity index (χ0v) is 16.6. The minimum absolute atomic E-state index is 0.320. The van der Waals surface area contributed by atoms with Gasteiger partial charge in [-0.15, -0.1) is 0 Å². The zero-order valence-electron chi connectivity index (χ0n) is 16.6. The minimum Gasteiger partial charge on any atom is -0.382 e. The number of aldehydes is 1. The van der Waals surface area contributed by atoms with Gasteiger partial charge in [0.2, 0.25) is 0 Å². The molecule has 0 amide bonds. The summed E-state index contributed by atoms with van der Waals surface area (Å²) >= 11 is 0. The van der Waals surface area contributed by atoms with Gasteiger partial charge >= 0.3 is 0 Å². The van der Waals surface area contributed by atoms with Crippen LogP contribution in [-0.4, -0.2) is 19.5 Å². The summed E-state index contributed by atoms with van der Waals surface area (Å²) < 4.78 is 5.37. The lowest BCUT2D eigenvalue weighted by Gasteiger charge is -2.20. The van der Waals surface area contributed by atoms with Gasteiger partial charge in [-0.1, -0.05) is 82.6 Å². The van der Waals surface area contributed by atoms with Crippen molar-refractivity contribution in [2.24, 2.45) is 0 Å².